The summed E-state index contributed by atoms with van der Waals surface area (Å²) in [7, 11) is 2.49. The van der Waals surface area contributed by atoms with Gasteiger partial charge in [0.15, 0.2) is 7.28 Å². The normalized spacial score (nSPS) is 16.6. The first-order valence-electron chi connectivity index (χ1n) is 22.7. The number of rotatable bonds is 4. The van der Waals surface area contributed by atoms with Gasteiger partial charge in [0, 0.05) is 47.9 Å². The molecule has 311 valence electrons. The van der Waals surface area contributed by atoms with Crippen molar-refractivity contribution in [1.29, 1.82) is 0 Å². The summed E-state index contributed by atoms with van der Waals surface area (Å²) in [5, 5.41) is 4.07. The molecule has 1 N–H and O–H groups in total. The molecule has 0 saturated carbocycles. The van der Waals surface area contributed by atoms with Gasteiger partial charge in [0.25, 0.3) is 0 Å². The summed E-state index contributed by atoms with van der Waals surface area (Å²) >= 11 is 3.80. The minimum atomic E-state index is -0.549. The summed E-state index contributed by atoms with van der Waals surface area (Å²) in [6, 6.07) is 61.9. The number of benzene rings is 8. The van der Waals surface area contributed by atoms with Crippen LogP contribution in [0.3, 0.4) is 0 Å². The van der Waals surface area contributed by atoms with Crippen LogP contribution in [0.4, 0.5) is 28.4 Å². The average molecular weight is 862 g/mol. The third-order valence-electron chi connectivity index (χ3n) is 14.6. The predicted molar refractivity (Wildman–Crippen MR) is 273 cm³/mol. The molecule has 0 aromatic heterocycles. The number of fused-ring (bicyclic) bond motifs is 7. The van der Waals surface area contributed by atoms with E-state index < -0.39 is 5.41 Å². The zero-order chi connectivity index (χ0) is 43.5. The van der Waals surface area contributed by atoms with Gasteiger partial charge in [0.1, 0.15) is 0 Å². The van der Waals surface area contributed by atoms with Crippen molar-refractivity contribution in [2.45, 2.75) is 90.2 Å². The first-order valence-corrected chi connectivity index (χ1v) is 24.3. The Morgan fingerprint density at radius 1 is 0.500 bits per heavy atom. The van der Waals surface area contributed by atoms with Crippen LogP contribution < -0.4 is 21.1 Å². The molecule has 0 saturated heterocycles. The van der Waals surface area contributed by atoms with Crippen LogP contribution in [0.25, 0.3) is 11.1 Å². The van der Waals surface area contributed by atoms with Gasteiger partial charge >= 0.3 is 0 Å². The second kappa shape index (κ2) is 14.6. The van der Waals surface area contributed by atoms with Gasteiger partial charge < -0.3 is 10.2 Å². The van der Waals surface area contributed by atoms with Gasteiger partial charge in [-0.2, -0.15) is 0 Å². The van der Waals surface area contributed by atoms with Crippen molar-refractivity contribution in [3.8, 4) is 11.1 Å². The summed E-state index contributed by atoms with van der Waals surface area (Å²) in [4.78, 5) is 7.89. The molecule has 0 unspecified atom stereocenters. The van der Waals surface area contributed by atoms with Crippen LogP contribution in [0, 0.1) is 13.8 Å². The van der Waals surface area contributed by atoms with E-state index in [0.717, 1.165) is 11.4 Å². The third-order valence-corrected chi connectivity index (χ3v) is 17.2. The molecule has 0 fully saturated rings. The second-order valence-corrected chi connectivity index (χ2v) is 21.7. The van der Waals surface area contributed by atoms with Crippen molar-refractivity contribution in [3.63, 3.8) is 0 Å². The molecule has 0 bridgehead atoms. The van der Waals surface area contributed by atoms with Gasteiger partial charge in [-0.1, -0.05) is 184 Å². The highest BCUT2D eigenvalue weighted by Gasteiger charge is 2.45. The highest BCUT2D eigenvalue weighted by atomic mass is 32.2. The fourth-order valence-electron chi connectivity index (χ4n) is 11.3. The van der Waals surface area contributed by atoms with E-state index in [-0.39, 0.29) is 10.8 Å². The second-order valence-electron chi connectivity index (χ2n) is 19.6. The standard InChI is InChI=1S/C59H50BN2S2/c1-36-30-41(40-22-17-24-43-56(40)61-47-25-14-13-23-42(47)59(43,38-18-9-7-10-19-38)39-20-11-8-12-21-39)55-50(31-36)62(48-33-45-44(32-37(48)2)57(3,4)28-29-58(45,5)6)49-35-54-53(34-46(49)60-55)63-51-26-15-16-27-52(51)64-54/h7-27,30-35,61H,28-29H2,1-6H3. The molecular formula is C59H50BN2S2. The molecule has 1 aliphatic carbocycles. The Kier molecular flexibility index (Phi) is 9.04. The first-order chi connectivity index (χ1) is 31.0. The Morgan fingerprint density at radius 3 is 1.78 bits per heavy atom. The number of aryl methyl sites for hydroxylation is 2. The van der Waals surface area contributed by atoms with Crippen molar-refractivity contribution in [2.75, 3.05) is 10.2 Å². The van der Waals surface area contributed by atoms with Crippen molar-refractivity contribution in [3.05, 3.63) is 208 Å². The van der Waals surface area contributed by atoms with Crippen LogP contribution in [0.5, 0.6) is 0 Å². The molecule has 64 heavy (non-hydrogen) atoms. The molecule has 0 amide bonds. The van der Waals surface area contributed by atoms with Gasteiger partial charge in [-0.3, -0.25) is 0 Å². The quantitative estimate of drug-likeness (QED) is 0.177. The monoisotopic (exact) mass is 861 g/mol. The summed E-state index contributed by atoms with van der Waals surface area (Å²) in [6.45, 7) is 14.4. The summed E-state index contributed by atoms with van der Waals surface area (Å²) < 4.78 is 0. The number of hydrogen-bond donors (Lipinski definition) is 1. The Bertz CT molecular complexity index is 3170. The van der Waals surface area contributed by atoms with Crippen LogP contribution in [0.1, 0.15) is 85.0 Å². The molecule has 8 aromatic rings. The van der Waals surface area contributed by atoms with Crippen LogP contribution in [-0.4, -0.2) is 7.28 Å². The van der Waals surface area contributed by atoms with E-state index in [1.807, 2.05) is 23.5 Å². The topological polar surface area (TPSA) is 15.3 Å². The first kappa shape index (κ1) is 39.7. The van der Waals surface area contributed by atoms with Crippen molar-refractivity contribution in [1.82, 2.24) is 0 Å². The Balaban J connectivity index is 1.12. The molecule has 2 nitrogen and oxygen atoms in total. The van der Waals surface area contributed by atoms with E-state index in [4.69, 9.17) is 0 Å². The molecule has 8 aromatic carbocycles. The minimum Gasteiger partial charge on any atom is -0.354 e. The fraction of sp³-hybridized carbons (Fsp3) is 0.186. The maximum absolute atomic E-state index is 4.07. The lowest BCUT2D eigenvalue weighted by atomic mass is 9.57. The summed E-state index contributed by atoms with van der Waals surface area (Å²) in [6.07, 6.45) is 2.36. The van der Waals surface area contributed by atoms with Crippen molar-refractivity contribution >= 4 is 70.2 Å². The zero-order valence-electron chi connectivity index (χ0n) is 37.3. The molecule has 0 spiro atoms. The van der Waals surface area contributed by atoms with Gasteiger partial charge in [-0.25, -0.2) is 0 Å². The minimum absolute atomic E-state index is 0.0692. The molecule has 5 heteroatoms. The van der Waals surface area contributed by atoms with Crippen molar-refractivity contribution < 1.29 is 0 Å². The lowest BCUT2D eigenvalue weighted by molar-refractivity contribution is 0.332. The van der Waals surface area contributed by atoms with Crippen LogP contribution in [0.15, 0.2) is 183 Å². The SMILES string of the molecule is Cc1cc(-c2cccc3c2Nc2ccccc2C3(c2ccccc2)c2ccccc2)c2c(c1)N(c1cc3c(cc1C)C(C)(C)CCC3(C)C)c1cc3c(cc1[B]2)Sc1ccccc1S3. The number of anilines is 5. The maximum atomic E-state index is 4.07. The predicted octanol–water partition coefficient (Wildman–Crippen LogP) is 14.8. The molecule has 12 rings (SSSR count). The van der Waals surface area contributed by atoms with E-state index in [0.29, 0.717) is 0 Å². The van der Waals surface area contributed by atoms with Crippen LogP contribution >= 0.6 is 23.5 Å². The number of para-hydroxylation sites is 2. The summed E-state index contributed by atoms with van der Waals surface area (Å²) in [5.41, 5.74) is 21.1. The Labute approximate surface area is 387 Å². The maximum Gasteiger partial charge on any atom is 0.197 e. The molecule has 0 atom stereocenters. The zero-order valence-corrected chi connectivity index (χ0v) is 39.0. The average Bonchev–Trinajstić information content (AvgIpc) is 3.30. The van der Waals surface area contributed by atoms with E-state index in [2.05, 4.69) is 223 Å². The molecule has 3 aliphatic heterocycles. The van der Waals surface area contributed by atoms with E-state index >= 15 is 0 Å². The highest BCUT2D eigenvalue weighted by Crippen LogP contribution is 2.57. The van der Waals surface area contributed by atoms with Gasteiger partial charge in [-0.05, 0) is 129 Å². The largest absolute Gasteiger partial charge is 0.354 e. The van der Waals surface area contributed by atoms with E-state index in [1.54, 1.807) is 0 Å². The van der Waals surface area contributed by atoms with Crippen molar-refractivity contribution in [2.24, 2.45) is 0 Å². The lowest BCUT2D eigenvalue weighted by Crippen LogP contribution is -2.42. The van der Waals surface area contributed by atoms with Gasteiger partial charge in [0.05, 0.1) is 11.1 Å². The van der Waals surface area contributed by atoms with Crippen LogP contribution in [0.2, 0.25) is 0 Å². The molecule has 4 aliphatic rings. The Morgan fingerprint density at radius 2 is 1.09 bits per heavy atom. The number of hydrogen-bond acceptors (Lipinski definition) is 4. The number of nitrogens with zero attached hydrogens (tertiary/aromatic N) is 1. The fourth-order valence-corrected chi connectivity index (χ4v) is 13.6. The molecule has 3 heterocycles. The third kappa shape index (κ3) is 5.96. The van der Waals surface area contributed by atoms with Crippen LogP contribution in [-0.2, 0) is 16.2 Å². The van der Waals surface area contributed by atoms with E-state index in [1.165, 1.54) is 116 Å². The Hall–Kier alpha value is -5.88. The summed E-state index contributed by atoms with van der Waals surface area (Å²) in [5.74, 6) is 0. The van der Waals surface area contributed by atoms with Gasteiger partial charge in [-0.15, -0.1) is 0 Å². The van der Waals surface area contributed by atoms with E-state index in [9.17, 15) is 0 Å². The smallest absolute Gasteiger partial charge is 0.197 e. The highest BCUT2D eigenvalue weighted by molar-refractivity contribution is 8.05. The van der Waals surface area contributed by atoms with Gasteiger partial charge in [0.2, 0.25) is 0 Å². The lowest BCUT2D eigenvalue weighted by Gasteiger charge is -2.44. The molecular weight excluding hydrogens is 812 g/mol. The number of nitrogens with one attached hydrogen (secondary N) is 1. The molecule has 1 radical (unpaired) electrons.